The van der Waals surface area contributed by atoms with Crippen molar-refractivity contribution in [3.8, 4) is 11.5 Å². The average Bonchev–Trinajstić information content (AvgIpc) is 2.87. The number of methoxy groups -OCH3 is 2. The van der Waals surface area contributed by atoms with E-state index >= 15 is 0 Å². The smallest absolute Gasteiger partial charge is 0.163 e. The second kappa shape index (κ2) is 16.7. The van der Waals surface area contributed by atoms with Gasteiger partial charge >= 0.3 is 0 Å². The van der Waals surface area contributed by atoms with Crippen molar-refractivity contribution in [2.75, 3.05) is 46.0 Å². The summed E-state index contributed by atoms with van der Waals surface area (Å²) in [5.74, 6) is 2.38. The number of anilines is 2. The maximum absolute atomic E-state index is 5.90. The van der Waals surface area contributed by atoms with Gasteiger partial charge in [-0.1, -0.05) is 53.7 Å². The van der Waals surface area contributed by atoms with Crippen LogP contribution < -0.4 is 14.8 Å². The Bertz CT molecular complexity index is 964. The molecule has 0 bridgehead atoms. The molecule has 0 aliphatic carbocycles. The van der Waals surface area contributed by atoms with Gasteiger partial charge in [-0.15, -0.1) is 0 Å². The highest BCUT2D eigenvalue weighted by atomic mass is 16.5. The standard InChI is InChI=1S/C23H29N3O4.2C2H6/c1-16(2)17-6-5-7-18(12-17)26-23-19-13-21(29-10-8-27-3)22(30-11-9-28-4)14-20(19)24-15-25-23;2*1-2/h5-7,12-16H,8-11H2,1-4H3,(H,24,25,26);2*1-2H3. The number of hydrogen-bond acceptors (Lipinski definition) is 7. The first-order valence-electron chi connectivity index (χ1n) is 12.0. The van der Waals surface area contributed by atoms with E-state index in [9.17, 15) is 0 Å². The van der Waals surface area contributed by atoms with Gasteiger partial charge in [0.2, 0.25) is 0 Å². The summed E-state index contributed by atoms with van der Waals surface area (Å²) in [5, 5.41) is 4.26. The van der Waals surface area contributed by atoms with Crippen LogP contribution >= 0.6 is 0 Å². The number of fused-ring (bicyclic) bond motifs is 1. The SMILES string of the molecule is CC.CC.COCCOc1cc2ncnc(Nc3cccc(C(C)C)c3)c2cc1OCCOC. The lowest BCUT2D eigenvalue weighted by atomic mass is 10.0. The number of nitrogens with one attached hydrogen (secondary N) is 1. The molecule has 0 atom stereocenters. The molecule has 0 spiro atoms. The van der Waals surface area contributed by atoms with Crippen LogP contribution in [0, 0.1) is 0 Å². The third kappa shape index (κ3) is 8.80. The summed E-state index contributed by atoms with van der Waals surface area (Å²) in [6, 6.07) is 12.1. The van der Waals surface area contributed by atoms with Gasteiger partial charge in [-0.25, -0.2) is 9.97 Å². The molecule has 0 amide bonds. The first-order valence-corrected chi connectivity index (χ1v) is 12.0. The molecule has 1 aromatic heterocycles. The van der Waals surface area contributed by atoms with Crippen molar-refractivity contribution in [1.29, 1.82) is 0 Å². The van der Waals surface area contributed by atoms with Crippen molar-refractivity contribution in [3.63, 3.8) is 0 Å². The average molecular weight is 472 g/mol. The molecule has 0 radical (unpaired) electrons. The summed E-state index contributed by atoms with van der Waals surface area (Å²) in [4.78, 5) is 8.87. The minimum absolute atomic E-state index is 0.412. The second-order valence-corrected chi connectivity index (χ2v) is 7.13. The van der Waals surface area contributed by atoms with Gasteiger partial charge in [-0.3, -0.25) is 0 Å². The molecule has 0 aliphatic heterocycles. The summed E-state index contributed by atoms with van der Waals surface area (Å²) in [5.41, 5.74) is 3.00. The number of aromatic nitrogens is 2. The predicted molar refractivity (Wildman–Crippen MR) is 141 cm³/mol. The van der Waals surface area contributed by atoms with Crippen LogP contribution in [-0.2, 0) is 9.47 Å². The van der Waals surface area contributed by atoms with Gasteiger partial charge in [-0.05, 0) is 29.7 Å². The summed E-state index contributed by atoms with van der Waals surface area (Å²) in [6.07, 6.45) is 1.54. The van der Waals surface area contributed by atoms with Crippen molar-refractivity contribution in [3.05, 3.63) is 48.3 Å². The molecule has 0 saturated carbocycles. The Kier molecular flexibility index (Phi) is 14.3. The van der Waals surface area contributed by atoms with Gasteiger partial charge in [0.05, 0.1) is 18.7 Å². The third-order valence-electron chi connectivity index (χ3n) is 4.61. The lowest BCUT2D eigenvalue weighted by Crippen LogP contribution is -2.09. The highest BCUT2D eigenvalue weighted by molar-refractivity contribution is 5.93. The molecule has 34 heavy (non-hydrogen) atoms. The van der Waals surface area contributed by atoms with E-state index < -0.39 is 0 Å². The van der Waals surface area contributed by atoms with Gasteiger partial charge in [0, 0.05) is 31.4 Å². The molecule has 2 aromatic carbocycles. The molecule has 1 N–H and O–H groups in total. The van der Waals surface area contributed by atoms with Gasteiger partial charge < -0.3 is 24.3 Å². The van der Waals surface area contributed by atoms with Gasteiger partial charge in [0.15, 0.2) is 11.5 Å². The molecule has 188 valence electrons. The molecular weight excluding hydrogens is 430 g/mol. The maximum Gasteiger partial charge on any atom is 0.163 e. The maximum atomic E-state index is 5.90. The molecule has 0 saturated heterocycles. The number of benzene rings is 2. The first-order chi connectivity index (χ1) is 16.6. The van der Waals surface area contributed by atoms with Crippen molar-refractivity contribution >= 4 is 22.4 Å². The zero-order valence-electron chi connectivity index (χ0n) is 22.0. The van der Waals surface area contributed by atoms with Crippen LogP contribution in [0.4, 0.5) is 11.5 Å². The Morgan fingerprint density at radius 2 is 1.41 bits per heavy atom. The molecule has 0 fully saturated rings. The molecule has 3 aromatic rings. The van der Waals surface area contributed by atoms with E-state index in [0.29, 0.717) is 49.7 Å². The third-order valence-corrected chi connectivity index (χ3v) is 4.61. The van der Waals surface area contributed by atoms with Crippen molar-refractivity contribution in [2.45, 2.75) is 47.5 Å². The fourth-order valence-corrected chi connectivity index (χ4v) is 2.97. The Morgan fingerprint density at radius 3 is 2.00 bits per heavy atom. The number of nitrogens with zero attached hydrogens (tertiary/aromatic N) is 2. The Morgan fingerprint density at radius 1 is 0.794 bits per heavy atom. The monoisotopic (exact) mass is 471 g/mol. The topological polar surface area (TPSA) is 74.7 Å². The van der Waals surface area contributed by atoms with Crippen LogP contribution in [0.25, 0.3) is 10.9 Å². The van der Waals surface area contributed by atoms with E-state index in [1.807, 2.05) is 52.0 Å². The minimum Gasteiger partial charge on any atom is -0.487 e. The largest absolute Gasteiger partial charge is 0.487 e. The van der Waals surface area contributed by atoms with E-state index in [4.69, 9.17) is 18.9 Å². The molecule has 7 nitrogen and oxygen atoms in total. The molecular formula is C27H41N3O4. The predicted octanol–water partition coefficient (Wildman–Crippen LogP) is 6.60. The Balaban J connectivity index is 0.00000137. The molecule has 3 rings (SSSR count). The first kappa shape index (κ1) is 29.1. The Hall–Kier alpha value is -2.90. The summed E-state index contributed by atoms with van der Waals surface area (Å²) in [6.45, 7) is 14.1. The zero-order valence-corrected chi connectivity index (χ0v) is 22.0. The van der Waals surface area contributed by atoms with E-state index in [1.165, 1.54) is 5.56 Å². The fourth-order valence-electron chi connectivity index (χ4n) is 2.97. The Labute approximate surface area is 204 Å². The van der Waals surface area contributed by atoms with E-state index in [0.717, 1.165) is 16.6 Å². The van der Waals surface area contributed by atoms with E-state index in [2.05, 4.69) is 41.3 Å². The molecule has 0 aliphatic rings. The van der Waals surface area contributed by atoms with Gasteiger partial charge in [0.25, 0.3) is 0 Å². The lowest BCUT2D eigenvalue weighted by Gasteiger charge is -2.15. The fraction of sp³-hybridized carbons (Fsp3) is 0.481. The van der Waals surface area contributed by atoms with E-state index in [1.54, 1.807) is 20.5 Å². The quantitative estimate of drug-likeness (QED) is 0.316. The summed E-state index contributed by atoms with van der Waals surface area (Å²) in [7, 11) is 3.28. The minimum atomic E-state index is 0.412. The van der Waals surface area contributed by atoms with Crippen LogP contribution in [0.5, 0.6) is 11.5 Å². The van der Waals surface area contributed by atoms with Crippen molar-refractivity contribution in [1.82, 2.24) is 9.97 Å². The van der Waals surface area contributed by atoms with Crippen LogP contribution in [0.2, 0.25) is 0 Å². The van der Waals surface area contributed by atoms with Crippen LogP contribution in [0.1, 0.15) is 53.0 Å². The summed E-state index contributed by atoms with van der Waals surface area (Å²) >= 11 is 0. The normalized spacial score (nSPS) is 10.1. The highest BCUT2D eigenvalue weighted by Crippen LogP contribution is 2.35. The lowest BCUT2D eigenvalue weighted by molar-refractivity contribution is 0.132. The number of hydrogen-bond donors (Lipinski definition) is 1. The molecule has 7 heteroatoms. The van der Waals surface area contributed by atoms with Crippen LogP contribution in [0.3, 0.4) is 0 Å². The number of rotatable bonds is 11. The van der Waals surface area contributed by atoms with Gasteiger partial charge in [-0.2, -0.15) is 0 Å². The van der Waals surface area contributed by atoms with Crippen LogP contribution in [-0.4, -0.2) is 50.6 Å². The molecule has 1 heterocycles. The summed E-state index contributed by atoms with van der Waals surface area (Å²) < 4.78 is 21.9. The van der Waals surface area contributed by atoms with Crippen molar-refractivity contribution in [2.24, 2.45) is 0 Å². The van der Waals surface area contributed by atoms with E-state index in [-0.39, 0.29) is 0 Å². The second-order valence-electron chi connectivity index (χ2n) is 7.13. The zero-order chi connectivity index (χ0) is 25.3. The van der Waals surface area contributed by atoms with Crippen LogP contribution in [0.15, 0.2) is 42.7 Å². The number of ether oxygens (including phenoxy) is 4. The molecule has 0 unspecified atom stereocenters. The van der Waals surface area contributed by atoms with Crippen molar-refractivity contribution < 1.29 is 18.9 Å². The highest BCUT2D eigenvalue weighted by Gasteiger charge is 2.13. The van der Waals surface area contributed by atoms with Gasteiger partial charge in [0.1, 0.15) is 25.4 Å².